The highest BCUT2D eigenvalue weighted by atomic mass is 16.5. The van der Waals surface area contributed by atoms with Gasteiger partial charge in [-0.15, -0.1) is 0 Å². The van der Waals surface area contributed by atoms with E-state index in [4.69, 9.17) is 4.74 Å². The Morgan fingerprint density at radius 3 is 2.61 bits per heavy atom. The van der Waals surface area contributed by atoms with E-state index < -0.39 is 5.41 Å². The number of nitrogens with one attached hydrogen (secondary N) is 1. The van der Waals surface area contributed by atoms with E-state index in [2.05, 4.69) is 32.3 Å². The van der Waals surface area contributed by atoms with Gasteiger partial charge in [-0.2, -0.15) is 5.26 Å². The number of nitrogens with zero attached hydrogens (tertiary/aromatic N) is 5. The molecular formula is C23H24N6O2. The van der Waals surface area contributed by atoms with E-state index in [9.17, 15) is 10.1 Å². The number of ether oxygens (including phenoxy) is 1. The zero-order valence-corrected chi connectivity index (χ0v) is 17.2. The first kappa shape index (κ1) is 18.6. The van der Waals surface area contributed by atoms with Gasteiger partial charge in [-0.1, -0.05) is 0 Å². The molecule has 1 aliphatic carbocycles. The van der Waals surface area contributed by atoms with Crippen molar-refractivity contribution >= 4 is 28.9 Å². The van der Waals surface area contributed by atoms with Crippen molar-refractivity contribution in [2.75, 3.05) is 34.8 Å². The van der Waals surface area contributed by atoms with Crippen LogP contribution >= 0.6 is 0 Å². The van der Waals surface area contributed by atoms with Gasteiger partial charge < -0.3 is 19.9 Å². The Bertz CT molecular complexity index is 1050. The summed E-state index contributed by atoms with van der Waals surface area (Å²) in [6.45, 7) is 2.41. The second-order valence-electron chi connectivity index (χ2n) is 9.01. The molecule has 0 spiro atoms. The molecule has 1 N–H and O–H groups in total. The Balaban J connectivity index is 1.16. The summed E-state index contributed by atoms with van der Waals surface area (Å²) >= 11 is 0. The Labute approximate surface area is 180 Å². The molecule has 2 unspecified atom stereocenters. The summed E-state index contributed by atoms with van der Waals surface area (Å²) in [5.74, 6) is 1.47. The number of aromatic nitrogens is 2. The Hall–Kier alpha value is -3.18. The smallest absolute Gasteiger partial charge is 0.247 e. The first-order valence-corrected chi connectivity index (χ1v) is 11.0. The fourth-order valence-corrected chi connectivity index (χ4v) is 5.13. The van der Waals surface area contributed by atoms with Crippen molar-refractivity contribution < 1.29 is 9.53 Å². The lowest BCUT2D eigenvalue weighted by atomic mass is 9.83. The van der Waals surface area contributed by atoms with E-state index in [-0.39, 0.29) is 11.8 Å². The van der Waals surface area contributed by atoms with Crippen molar-refractivity contribution in [2.24, 2.45) is 11.3 Å². The van der Waals surface area contributed by atoms with Gasteiger partial charge in [0.05, 0.1) is 30.2 Å². The van der Waals surface area contributed by atoms with Crippen molar-refractivity contribution in [3.05, 3.63) is 36.7 Å². The second-order valence-corrected chi connectivity index (χ2v) is 9.01. The number of pyridine rings is 2. The van der Waals surface area contributed by atoms with Crippen molar-refractivity contribution in [2.45, 2.75) is 37.9 Å². The SMILES string of the molecule is N#C[C@@]1(C2CC2)CCN(c2ccnc(Nc3ccc(N4CC5CC(C4)O5)cn3)c2)C1=O. The molecule has 6 heterocycles. The molecule has 158 valence electrons. The highest BCUT2D eigenvalue weighted by molar-refractivity contribution is 6.02. The van der Waals surface area contributed by atoms with Crippen LogP contribution in [0, 0.1) is 22.7 Å². The van der Waals surface area contributed by atoms with E-state index >= 15 is 0 Å². The van der Waals surface area contributed by atoms with Crippen molar-refractivity contribution in [3.8, 4) is 6.07 Å². The Kier molecular flexibility index (Phi) is 4.15. The third-order valence-electron chi connectivity index (χ3n) is 7.01. The topological polar surface area (TPSA) is 94.4 Å². The molecule has 0 radical (unpaired) electrons. The molecule has 2 aromatic rings. The molecule has 2 aromatic heterocycles. The zero-order chi connectivity index (χ0) is 21.0. The molecule has 3 atom stereocenters. The third kappa shape index (κ3) is 3.12. The fourth-order valence-electron chi connectivity index (χ4n) is 5.13. The van der Waals surface area contributed by atoms with E-state index in [1.807, 2.05) is 24.4 Å². The predicted molar refractivity (Wildman–Crippen MR) is 115 cm³/mol. The summed E-state index contributed by atoms with van der Waals surface area (Å²) in [4.78, 5) is 26.0. The average molecular weight is 416 g/mol. The Morgan fingerprint density at radius 1 is 1.13 bits per heavy atom. The van der Waals surface area contributed by atoms with Gasteiger partial charge in [-0.25, -0.2) is 9.97 Å². The monoisotopic (exact) mass is 416 g/mol. The molecule has 4 aliphatic heterocycles. The molecule has 0 aromatic carbocycles. The largest absolute Gasteiger partial charge is 0.371 e. The number of rotatable bonds is 5. The average Bonchev–Trinajstić information content (AvgIpc) is 3.58. The van der Waals surface area contributed by atoms with Crippen molar-refractivity contribution in [1.29, 1.82) is 5.26 Å². The number of anilines is 4. The summed E-state index contributed by atoms with van der Waals surface area (Å²) in [5, 5.41) is 12.9. The summed E-state index contributed by atoms with van der Waals surface area (Å²) in [6, 6.07) is 10.0. The molecule has 8 heteroatoms. The van der Waals surface area contributed by atoms with Gasteiger partial charge in [0.2, 0.25) is 5.91 Å². The number of carbonyl (C=O) groups excluding carboxylic acids is 1. The molecule has 1 saturated carbocycles. The molecule has 31 heavy (non-hydrogen) atoms. The summed E-state index contributed by atoms with van der Waals surface area (Å²) < 4.78 is 5.70. The van der Waals surface area contributed by atoms with Crippen molar-refractivity contribution in [3.63, 3.8) is 0 Å². The van der Waals surface area contributed by atoms with Gasteiger partial charge in [0.1, 0.15) is 17.1 Å². The normalized spacial score (nSPS) is 29.5. The highest BCUT2D eigenvalue weighted by Gasteiger charge is 2.56. The first-order valence-electron chi connectivity index (χ1n) is 11.0. The molecule has 1 amide bonds. The minimum atomic E-state index is -0.839. The van der Waals surface area contributed by atoms with Gasteiger partial charge >= 0.3 is 0 Å². The van der Waals surface area contributed by atoms with Crippen LogP contribution in [-0.4, -0.2) is 47.7 Å². The number of nitriles is 1. The van der Waals surface area contributed by atoms with Crippen LogP contribution in [0.25, 0.3) is 0 Å². The van der Waals surface area contributed by atoms with Gasteiger partial charge in [0.15, 0.2) is 0 Å². The van der Waals surface area contributed by atoms with Crippen LogP contribution in [0.15, 0.2) is 36.7 Å². The van der Waals surface area contributed by atoms with Gasteiger partial charge in [0.25, 0.3) is 0 Å². The molecule has 5 aliphatic rings. The number of piperidine rings is 1. The van der Waals surface area contributed by atoms with Crippen LogP contribution < -0.4 is 15.1 Å². The molecule has 8 nitrogen and oxygen atoms in total. The van der Waals surface area contributed by atoms with Crippen molar-refractivity contribution in [1.82, 2.24) is 9.97 Å². The van der Waals surface area contributed by atoms with Crippen LogP contribution in [0.1, 0.15) is 25.7 Å². The number of morpholine rings is 1. The fraction of sp³-hybridized carbons (Fsp3) is 0.478. The van der Waals surface area contributed by atoms with E-state index in [0.717, 1.165) is 37.3 Å². The molecule has 5 fully saturated rings. The van der Waals surface area contributed by atoms with Crippen LogP contribution in [-0.2, 0) is 9.53 Å². The number of hydrogen-bond donors (Lipinski definition) is 1. The van der Waals surface area contributed by atoms with E-state index in [0.29, 0.717) is 36.8 Å². The van der Waals surface area contributed by atoms with Crippen LogP contribution in [0.3, 0.4) is 0 Å². The van der Waals surface area contributed by atoms with Gasteiger partial charge in [-0.05, 0) is 43.4 Å². The van der Waals surface area contributed by atoms with E-state index in [1.165, 1.54) is 6.42 Å². The molecule has 2 bridgehead atoms. The minimum Gasteiger partial charge on any atom is -0.371 e. The number of hydrogen-bond acceptors (Lipinski definition) is 7. The minimum absolute atomic E-state index is 0.0688. The summed E-state index contributed by atoms with van der Waals surface area (Å²) in [7, 11) is 0. The van der Waals surface area contributed by atoms with Crippen LogP contribution in [0.2, 0.25) is 0 Å². The lowest BCUT2D eigenvalue weighted by Crippen LogP contribution is -2.57. The number of carbonyl (C=O) groups is 1. The molecular weight excluding hydrogens is 392 g/mol. The maximum Gasteiger partial charge on any atom is 0.247 e. The molecule has 7 rings (SSSR count). The quantitative estimate of drug-likeness (QED) is 0.801. The van der Waals surface area contributed by atoms with E-state index in [1.54, 1.807) is 11.1 Å². The second kappa shape index (κ2) is 6.92. The zero-order valence-electron chi connectivity index (χ0n) is 17.2. The first-order chi connectivity index (χ1) is 15.1. The lowest BCUT2D eigenvalue weighted by molar-refractivity contribution is -0.133. The molecule has 4 saturated heterocycles. The van der Waals surface area contributed by atoms with Crippen LogP contribution in [0.4, 0.5) is 23.0 Å². The van der Waals surface area contributed by atoms with Gasteiger partial charge in [0, 0.05) is 44.0 Å². The number of amides is 1. The standard InChI is InChI=1S/C23H24N6O2/c24-14-23(15-1-2-15)6-8-29(22(23)30)16-5-7-25-21(9-16)27-20-4-3-17(11-26-20)28-12-18-10-19(13-28)31-18/h3-5,7,9,11,15,18-19H,1-2,6,8,10,12-13H2,(H,25,26,27)/t18?,19?,23-/m1/s1. The maximum absolute atomic E-state index is 13.1. The Morgan fingerprint density at radius 2 is 1.94 bits per heavy atom. The van der Waals surface area contributed by atoms with Gasteiger partial charge in [-0.3, -0.25) is 4.79 Å². The van der Waals surface area contributed by atoms with Crippen LogP contribution in [0.5, 0.6) is 0 Å². The summed E-state index contributed by atoms with van der Waals surface area (Å²) in [6.07, 6.45) is 7.99. The lowest BCUT2D eigenvalue weighted by Gasteiger charge is -2.47. The number of fused-ring (bicyclic) bond motifs is 2. The highest BCUT2D eigenvalue weighted by Crippen LogP contribution is 2.51. The summed E-state index contributed by atoms with van der Waals surface area (Å²) in [5.41, 5.74) is 1.03. The predicted octanol–water partition coefficient (Wildman–Crippen LogP) is 2.85. The third-order valence-corrected chi connectivity index (χ3v) is 7.01. The maximum atomic E-state index is 13.1.